The Morgan fingerprint density at radius 2 is 1.55 bits per heavy atom. The van der Waals surface area contributed by atoms with Crippen LogP contribution in [-0.4, -0.2) is 27.2 Å². The molecule has 0 aliphatic heterocycles. The second-order valence-electron chi connectivity index (χ2n) is 11.2. The van der Waals surface area contributed by atoms with Crippen molar-refractivity contribution in [3.8, 4) is 27.7 Å². The quantitative estimate of drug-likeness (QED) is 0.285. The van der Waals surface area contributed by atoms with E-state index in [0.29, 0.717) is 22.8 Å². The third-order valence-corrected chi connectivity index (χ3v) is 8.90. The molecule has 1 aliphatic carbocycles. The van der Waals surface area contributed by atoms with E-state index in [0.717, 1.165) is 34.6 Å². The van der Waals surface area contributed by atoms with Gasteiger partial charge < -0.3 is 19.5 Å². The molecule has 38 heavy (non-hydrogen) atoms. The van der Waals surface area contributed by atoms with Gasteiger partial charge in [-0.05, 0) is 83.2 Å². The maximum absolute atomic E-state index is 13.4. The maximum atomic E-state index is 13.4. The highest BCUT2D eigenvalue weighted by atomic mass is 32.1. The molecule has 6 heteroatoms. The van der Waals surface area contributed by atoms with E-state index in [1.165, 1.54) is 22.5 Å². The van der Waals surface area contributed by atoms with E-state index < -0.39 is 0 Å². The zero-order chi connectivity index (χ0) is 27.7. The van der Waals surface area contributed by atoms with Crippen molar-refractivity contribution in [1.29, 1.82) is 0 Å². The third kappa shape index (κ3) is 5.32. The summed E-state index contributed by atoms with van der Waals surface area (Å²) in [7, 11) is 4.93. The molecule has 2 aromatic carbocycles. The molecule has 1 heterocycles. The average Bonchev–Trinajstić information content (AvgIpc) is 3.40. The van der Waals surface area contributed by atoms with Gasteiger partial charge in [0.2, 0.25) is 0 Å². The molecule has 202 valence electrons. The van der Waals surface area contributed by atoms with Crippen molar-refractivity contribution in [2.24, 2.45) is 0 Å². The second kappa shape index (κ2) is 10.9. The minimum atomic E-state index is -0.244. The lowest BCUT2D eigenvalue weighted by molar-refractivity contribution is 0.0941. The molecule has 0 saturated carbocycles. The second-order valence-corrected chi connectivity index (χ2v) is 12.3. The van der Waals surface area contributed by atoms with Crippen LogP contribution in [0.15, 0.2) is 55.1 Å². The lowest BCUT2D eigenvalue weighted by Crippen LogP contribution is -2.33. The molecule has 1 aromatic heterocycles. The zero-order valence-corrected chi connectivity index (χ0v) is 24.4. The molecule has 1 atom stereocenters. The van der Waals surface area contributed by atoms with E-state index >= 15 is 0 Å². The third-order valence-electron chi connectivity index (χ3n) is 7.79. The molecule has 4 rings (SSSR count). The smallest absolute Gasteiger partial charge is 0.261 e. The Kier molecular flexibility index (Phi) is 7.93. The monoisotopic (exact) mass is 533 g/mol. The summed E-state index contributed by atoms with van der Waals surface area (Å²) < 4.78 is 16.7. The Labute approximate surface area is 230 Å². The first-order valence-electron chi connectivity index (χ1n) is 13.0. The summed E-state index contributed by atoms with van der Waals surface area (Å²) in [6, 6.07) is 13.9. The van der Waals surface area contributed by atoms with Crippen LogP contribution in [0.5, 0.6) is 17.2 Å². The predicted molar refractivity (Wildman–Crippen MR) is 156 cm³/mol. The number of hydrogen-bond donors (Lipinski definition) is 1. The summed E-state index contributed by atoms with van der Waals surface area (Å²) in [6.07, 6.45) is 4.67. The lowest BCUT2D eigenvalue weighted by Gasteiger charge is -2.42. The number of benzene rings is 2. The first-order chi connectivity index (χ1) is 18.0. The number of thiophene rings is 1. The fourth-order valence-electron chi connectivity index (χ4n) is 5.30. The topological polar surface area (TPSA) is 56.8 Å². The van der Waals surface area contributed by atoms with Crippen molar-refractivity contribution in [2.45, 2.75) is 63.8 Å². The molecule has 0 fully saturated rings. The summed E-state index contributed by atoms with van der Waals surface area (Å²) >= 11 is 1.48. The lowest BCUT2D eigenvalue weighted by atomic mass is 9.63. The molecular weight excluding hydrogens is 494 g/mol. The Bertz CT molecular complexity index is 1340. The van der Waals surface area contributed by atoms with Crippen molar-refractivity contribution in [1.82, 2.24) is 5.32 Å². The number of nitrogens with one attached hydrogen (secondary N) is 1. The summed E-state index contributed by atoms with van der Waals surface area (Å²) in [5.41, 5.74) is 4.86. The molecule has 1 unspecified atom stereocenters. The van der Waals surface area contributed by atoms with Gasteiger partial charge in [-0.15, -0.1) is 17.9 Å². The van der Waals surface area contributed by atoms with Crippen LogP contribution in [0.3, 0.4) is 0 Å². The Balaban J connectivity index is 1.65. The largest absolute Gasteiger partial charge is 0.496 e. The molecule has 1 aliphatic rings. The summed E-state index contributed by atoms with van der Waals surface area (Å²) in [4.78, 5) is 15.0. The molecule has 0 spiro atoms. The number of hydrogen-bond acceptors (Lipinski definition) is 5. The van der Waals surface area contributed by atoms with Crippen molar-refractivity contribution in [3.05, 3.63) is 76.7 Å². The van der Waals surface area contributed by atoms with Crippen LogP contribution in [-0.2, 0) is 10.8 Å². The van der Waals surface area contributed by atoms with Crippen molar-refractivity contribution >= 4 is 17.2 Å². The molecule has 0 saturated heterocycles. The van der Waals surface area contributed by atoms with Crippen LogP contribution >= 0.6 is 11.3 Å². The maximum Gasteiger partial charge on any atom is 0.261 e. The van der Waals surface area contributed by atoms with Crippen LogP contribution in [0.25, 0.3) is 10.4 Å². The minimum Gasteiger partial charge on any atom is -0.496 e. The Hall–Kier alpha value is -3.25. The minimum absolute atomic E-state index is 0.0840. The van der Waals surface area contributed by atoms with E-state index in [-0.39, 0.29) is 22.8 Å². The van der Waals surface area contributed by atoms with Gasteiger partial charge in [-0.25, -0.2) is 0 Å². The molecule has 1 N–H and O–H groups in total. The molecule has 5 nitrogen and oxygen atoms in total. The average molecular weight is 534 g/mol. The summed E-state index contributed by atoms with van der Waals surface area (Å²) in [5.74, 6) is 1.99. The van der Waals surface area contributed by atoms with Crippen LogP contribution in [0.1, 0.15) is 79.4 Å². The van der Waals surface area contributed by atoms with Crippen molar-refractivity contribution in [2.75, 3.05) is 21.3 Å². The van der Waals surface area contributed by atoms with Gasteiger partial charge in [-0.2, -0.15) is 0 Å². The predicted octanol–water partition coefficient (Wildman–Crippen LogP) is 7.84. The summed E-state index contributed by atoms with van der Waals surface area (Å²) in [5, 5.41) is 3.18. The fraction of sp³-hybridized carbons (Fsp3) is 0.406. The number of methoxy groups -OCH3 is 3. The highest BCUT2D eigenvalue weighted by molar-refractivity contribution is 7.17. The van der Waals surface area contributed by atoms with Crippen LogP contribution in [0.2, 0.25) is 0 Å². The Morgan fingerprint density at radius 1 is 0.921 bits per heavy atom. The first kappa shape index (κ1) is 27.8. The van der Waals surface area contributed by atoms with Crippen LogP contribution < -0.4 is 19.5 Å². The van der Waals surface area contributed by atoms with Gasteiger partial charge in [-0.3, -0.25) is 4.79 Å². The molecule has 0 radical (unpaired) electrons. The zero-order valence-electron chi connectivity index (χ0n) is 23.6. The SMILES string of the molecule is C=CCC(NC(=O)c1ccc(-c2cc3c(cc2OC)C(C)(C)CCC3(C)C)s1)c1ccc(OC)c(OC)c1. The highest BCUT2D eigenvalue weighted by Crippen LogP contribution is 2.49. The number of ether oxygens (including phenoxy) is 3. The van der Waals surface area contributed by atoms with Crippen LogP contribution in [0.4, 0.5) is 0 Å². The molecule has 1 amide bonds. The van der Waals surface area contributed by atoms with Gasteiger partial charge in [0.05, 0.1) is 32.2 Å². The highest BCUT2D eigenvalue weighted by Gasteiger charge is 2.38. The number of amides is 1. The normalized spacial score (nSPS) is 16.2. The van der Waals surface area contributed by atoms with Gasteiger partial charge in [0, 0.05) is 10.4 Å². The molecule has 3 aromatic rings. The number of carbonyl (C=O) groups is 1. The molecular formula is C32H39NO4S. The fourth-order valence-corrected chi connectivity index (χ4v) is 6.23. The van der Waals surface area contributed by atoms with Gasteiger partial charge in [0.1, 0.15) is 5.75 Å². The van der Waals surface area contributed by atoms with Gasteiger partial charge in [0.25, 0.3) is 5.91 Å². The van der Waals surface area contributed by atoms with E-state index in [9.17, 15) is 4.79 Å². The van der Waals surface area contributed by atoms with Gasteiger partial charge in [-0.1, -0.05) is 39.8 Å². The van der Waals surface area contributed by atoms with E-state index in [4.69, 9.17) is 14.2 Å². The van der Waals surface area contributed by atoms with Gasteiger partial charge >= 0.3 is 0 Å². The van der Waals surface area contributed by atoms with E-state index in [1.807, 2.05) is 36.4 Å². The van der Waals surface area contributed by atoms with E-state index in [1.54, 1.807) is 21.3 Å². The number of rotatable bonds is 9. The Morgan fingerprint density at radius 3 is 2.16 bits per heavy atom. The number of fused-ring (bicyclic) bond motifs is 1. The number of carbonyl (C=O) groups excluding carboxylic acids is 1. The van der Waals surface area contributed by atoms with E-state index in [2.05, 4.69) is 51.7 Å². The molecule has 0 bridgehead atoms. The van der Waals surface area contributed by atoms with Crippen molar-refractivity contribution < 1.29 is 19.0 Å². The van der Waals surface area contributed by atoms with Crippen LogP contribution in [0, 0.1) is 0 Å². The van der Waals surface area contributed by atoms with Crippen molar-refractivity contribution in [3.63, 3.8) is 0 Å². The summed E-state index contributed by atoms with van der Waals surface area (Å²) in [6.45, 7) is 13.1. The standard InChI is InChI=1S/C32H39NO4S/c1-9-10-24(20-11-12-25(35-6)27(17-20)37-8)33-30(34)29-14-13-28(38-29)21-18-22-23(19-26(21)36-7)32(4,5)16-15-31(22,2)3/h9,11-14,17-19,24H,1,10,15-16H2,2-8H3,(H,33,34). The first-order valence-corrected chi connectivity index (χ1v) is 13.8. The van der Waals surface area contributed by atoms with Gasteiger partial charge in [0.15, 0.2) is 11.5 Å².